The summed E-state index contributed by atoms with van der Waals surface area (Å²) in [4.78, 5) is 23.5. The zero-order valence-electron chi connectivity index (χ0n) is 15.4. The van der Waals surface area contributed by atoms with Crippen LogP contribution in [0.25, 0.3) is 0 Å². The van der Waals surface area contributed by atoms with Crippen molar-refractivity contribution in [3.63, 3.8) is 0 Å². The van der Waals surface area contributed by atoms with Crippen LogP contribution in [-0.2, 0) is 5.41 Å². The highest BCUT2D eigenvalue weighted by Gasteiger charge is 2.41. The number of benzene rings is 1. The molecule has 3 aromatic rings. The Morgan fingerprint density at radius 1 is 1.26 bits per heavy atom. The quantitative estimate of drug-likeness (QED) is 0.745. The summed E-state index contributed by atoms with van der Waals surface area (Å²) in [5.41, 5.74) is 2.78. The van der Waals surface area contributed by atoms with Crippen LogP contribution in [0, 0.1) is 6.92 Å². The first kappa shape index (κ1) is 17.7. The highest BCUT2D eigenvalue weighted by molar-refractivity contribution is 7.13. The number of likely N-dealkylation sites (tertiary alicyclic amines) is 1. The third kappa shape index (κ3) is 3.12. The van der Waals surface area contributed by atoms with Gasteiger partial charge in [-0.3, -0.25) is 4.79 Å². The van der Waals surface area contributed by atoms with Crippen molar-refractivity contribution in [1.29, 1.82) is 0 Å². The van der Waals surface area contributed by atoms with Crippen molar-refractivity contribution in [2.75, 3.05) is 25.5 Å². The van der Waals surface area contributed by atoms with Crippen LogP contribution in [-0.4, -0.2) is 40.9 Å². The summed E-state index contributed by atoms with van der Waals surface area (Å²) in [5, 5.41) is 6.18. The second kappa shape index (κ2) is 7.15. The van der Waals surface area contributed by atoms with Crippen molar-refractivity contribution in [2.24, 2.45) is 0 Å². The van der Waals surface area contributed by atoms with E-state index in [2.05, 4.69) is 39.9 Å². The molecule has 7 heteroatoms. The van der Waals surface area contributed by atoms with Gasteiger partial charge in [-0.2, -0.15) is 0 Å². The third-order valence-corrected chi connectivity index (χ3v) is 6.24. The Hall–Kier alpha value is -2.67. The molecule has 0 saturated carbocycles. The van der Waals surface area contributed by atoms with E-state index < -0.39 is 0 Å². The predicted octanol–water partition coefficient (Wildman–Crippen LogP) is 3.70. The van der Waals surface area contributed by atoms with Gasteiger partial charge in [0, 0.05) is 30.9 Å². The molecule has 1 amide bonds. The Morgan fingerprint density at radius 3 is 2.59 bits per heavy atom. The lowest BCUT2D eigenvalue weighted by Crippen LogP contribution is -2.46. The SMILES string of the molecule is CNc1nc(C2(c3ccccc3)CCN(C(=O)c3ocnc3C)CC2)cs1. The molecule has 6 nitrogen and oxygen atoms in total. The molecule has 4 rings (SSSR count). The van der Waals surface area contributed by atoms with Gasteiger partial charge in [0.2, 0.25) is 5.76 Å². The lowest BCUT2D eigenvalue weighted by Gasteiger charge is -2.41. The summed E-state index contributed by atoms with van der Waals surface area (Å²) < 4.78 is 5.30. The average Bonchev–Trinajstić information content (AvgIpc) is 3.37. The van der Waals surface area contributed by atoms with Crippen molar-refractivity contribution in [3.05, 3.63) is 64.8 Å². The molecule has 0 atom stereocenters. The molecule has 0 aliphatic carbocycles. The van der Waals surface area contributed by atoms with Crippen LogP contribution >= 0.6 is 11.3 Å². The van der Waals surface area contributed by atoms with Gasteiger partial charge >= 0.3 is 0 Å². The van der Waals surface area contributed by atoms with E-state index in [1.807, 2.05) is 18.0 Å². The average molecular weight is 382 g/mol. The smallest absolute Gasteiger partial charge is 0.291 e. The van der Waals surface area contributed by atoms with Crippen LogP contribution < -0.4 is 5.32 Å². The number of oxazole rings is 1. The van der Waals surface area contributed by atoms with Gasteiger partial charge in [0.25, 0.3) is 5.91 Å². The Kier molecular flexibility index (Phi) is 4.70. The van der Waals surface area contributed by atoms with E-state index in [9.17, 15) is 4.79 Å². The van der Waals surface area contributed by atoms with Crippen molar-refractivity contribution < 1.29 is 9.21 Å². The lowest BCUT2D eigenvalue weighted by molar-refractivity contribution is 0.0651. The number of thiazole rings is 1. The molecule has 0 unspecified atom stereocenters. The highest BCUT2D eigenvalue weighted by atomic mass is 32.1. The van der Waals surface area contributed by atoms with Gasteiger partial charge in [0.15, 0.2) is 11.5 Å². The van der Waals surface area contributed by atoms with E-state index >= 15 is 0 Å². The number of nitrogens with zero attached hydrogens (tertiary/aromatic N) is 3. The van der Waals surface area contributed by atoms with E-state index in [1.165, 1.54) is 12.0 Å². The molecule has 1 N–H and O–H groups in total. The van der Waals surface area contributed by atoms with Crippen molar-refractivity contribution in [3.8, 4) is 0 Å². The number of rotatable bonds is 4. The summed E-state index contributed by atoms with van der Waals surface area (Å²) in [5.74, 6) is 0.259. The fourth-order valence-electron chi connectivity index (χ4n) is 3.80. The first-order chi connectivity index (χ1) is 13.1. The Bertz CT molecular complexity index is 926. The van der Waals surface area contributed by atoms with Crippen LogP contribution in [0.3, 0.4) is 0 Å². The molecule has 1 aliphatic heterocycles. The van der Waals surface area contributed by atoms with Gasteiger partial charge in [-0.25, -0.2) is 9.97 Å². The van der Waals surface area contributed by atoms with Crippen LogP contribution in [0.15, 0.2) is 46.5 Å². The fourth-order valence-corrected chi connectivity index (χ4v) is 4.57. The molecular formula is C20H22N4O2S. The molecule has 0 spiro atoms. The maximum Gasteiger partial charge on any atom is 0.291 e. The minimum Gasteiger partial charge on any atom is -0.438 e. The van der Waals surface area contributed by atoms with Gasteiger partial charge in [-0.1, -0.05) is 30.3 Å². The van der Waals surface area contributed by atoms with Crippen molar-refractivity contribution >= 4 is 22.4 Å². The third-order valence-electron chi connectivity index (χ3n) is 5.38. The maximum atomic E-state index is 12.8. The second-order valence-electron chi connectivity index (χ2n) is 6.80. The molecule has 0 bridgehead atoms. The number of carbonyl (C=O) groups excluding carboxylic acids is 1. The minimum absolute atomic E-state index is 0.0825. The molecule has 1 fully saturated rings. The summed E-state index contributed by atoms with van der Waals surface area (Å²) in [7, 11) is 1.89. The van der Waals surface area contributed by atoms with E-state index in [0.29, 0.717) is 24.5 Å². The molecule has 2 aromatic heterocycles. The van der Waals surface area contributed by atoms with E-state index in [1.54, 1.807) is 18.3 Å². The van der Waals surface area contributed by atoms with Crippen LogP contribution in [0.5, 0.6) is 0 Å². The standard InChI is InChI=1S/C20H22N4O2S/c1-14-17(26-13-22-14)18(25)24-10-8-20(9-11-24,15-6-4-3-5-7-15)16-12-27-19(21-2)23-16/h3-7,12-13H,8-11H2,1-2H3,(H,21,23). The maximum absolute atomic E-state index is 12.8. The number of carbonyl (C=O) groups is 1. The molecule has 140 valence electrons. The number of hydrogen-bond donors (Lipinski definition) is 1. The lowest BCUT2D eigenvalue weighted by atomic mass is 9.70. The number of piperidine rings is 1. The number of hydrogen-bond acceptors (Lipinski definition) is 6. The number of aromatic nitrogens is 2. The molecular weight excluding hydrogens is 360 g/mol. The second-order valence-corrected chi connectivity index (χ2v) is 7.65. The zero-order chi connectivity index (χ0) is 18.9. The van der Waals surface area contributed by atoms with E-state index in [0.717, 1.165) is 23.7 Å². The molecule has 3 heterocycles. The number of aryl methyl sites for hydroxylation is 1. The van der Waals surface area contributed by atoms with E-state index in [4.69, 9.17) is 9.40 Å². The monoisotopic (exact) mass is 382 g/mol. The molecule has 1 aliphatic rings. The highest BCUT2D eigenvalue weighted by Crippen LogP contribution is 2.42. The molecule has 1 saturated heterocycles. The van der Waals surface area contributed by atoms with Gasteiger partial charge in [0.05, 0.1) is 11.4 Å². The summed E-state index contributed by atoms with van der Waals surface area (Å²) >= 11 is 1.62. The number of nitrogens with one attached hydrogen (secondary N) is 1. The largest absolute Gasteiger partial charge is 0.438 e. The van der Waals surface area contributed by atoms with Crippen LogP contribution in [0.2, 0.25) is 0 Å². The van der Waals surface area contributed by atoms with Crippen LogP contribution in [0.1, 0.15) is 40.3 Å². The van der Waals surface area contributed by atoms with Crippen molar-refractivity contribution in [2.45, 2.75) is 25.2 Å². The van der Waals surface area contributed by atoms with Crippen LogP contribution in [0.4, 0.5) is 5.13 Å². The van der Waals surface area contributed by atoms with Gasteiger partial charge in [0.1, 0.15) is 0 Å². The van der Waals surface area contributed by atoms with E-state index in [-0.39, 0.29) is 11.3 Å². The normalized spacial score (nSPS) is 16.3. The Morgan fingerprint density at radius 2 is 2.00 bits per heavy atom. The first-order valence-corrected chi connectivity index (χ1v) is 9.90. The first-order valence-electron chi connectivity index (χ1n) is 9.03. The summed E-state index contributed by atoms with van der Waals surface area (Å²) in [6, 6.07) is 10.5. The van der Waals surface area contributed by atoms with Crippen molar-refractivity contribution in [1.82, 2.24) is 14.9 Å². The summed E-state index contributed by atoms with van der Waals surface area (Å²) in [6.07, 6.45) is 2.97. The number of amides is 1. The topological polar surface area (TPSA) is 71.3 Å². The van der Waals surface area contributed by atoms with Gasteiger partial charge in [-0.15, -0.1) is 11.3 Å². The molecule has 1 aromatic carbocycles. The fraction of sp³-hybridized carbons (Fsp3) is 0.350. The predicted molar refractivity (Wildman–Crippen MR) is 105 cm³/mol. The Labute approximate surface area is 162 Å². The summed E-state index contributed by atoms with van der Waals surface area (Å²) in [6.45, 7) is 3.10. The zero-order valence-corrected chi connectivity index (χ0v) is 16.3. The Balaban J connectivity index is 1.63. The van der Waals surface area contributed by atoms with Gasteiger partial charge < -0.3 is 14.6 Å². The minimum atomic E-state index is -0.180. The number of anilines is 1. The molecule has 27 heavy (non-hydrogen) atoms. The molecule has 0 radical (unpaired) electrons. The van der Waals surface area contributed by atoms with Gasteiger partial charge in [-0.05, 0) is 25.3 Å².